The van der Waals surface area contributed by atoms with Crippen LogP contribution in [0.3, 0.4) is 0 Å². The van der Waals surface area contributed by atoms with Gasteiger partial charge in [-0.3, -0.25) is 10.1 Å². The van der Waals surface area contributed by atoms with Gasteiger partial charge in [-0.25, -0.2) is 8.42 Å². The lowest BCUT2D eigenvalue weighted by molar-refractivity contribution is -0.384. The van der Waals surface area contributed by atoms with Crippen molar-refractivity contribution in [2.75, 3.05) is 11.6 Å². The van der Waals surface area contributed by atoms with Crippen LogP contribution in [-0.4, -0.2) is 24.7 Å². The summed E-state index contributed by atoms with van der Waals surface area (Å²) in [6.45, 7) is 1.85. The summed E-state index contributed by atoms with van der Waals surface area (Å²) in [7, 11) is -3.25. The van der Waals surface area contributed by atoms with Crippen LogP contribution in [0.2, 0.25) is 5.02 Å². The molecule has 7 nitrogen and oxygen atoms in total. The molecule has 10 heteroatoms. The van der Waals surface area contributed by atoms with Crippen LogP contribution < -0.4 is 10.6 Å². The fourth-order valence-corrected chi connectivity index (χ4v) is 3.25. The number of hydrogen-bond donors (Lipinski definition) is 2. The van der Waals surface area contributed by atoms with Crippen LogP contribution in [0.5, 0.6) is 0 Å². The van der Waals surface area contributed by atoms with Crippen molar-refractivity contribution in [1.82, 2.24) is 5.32 Å². The maximum absolute atomic E-state index is 11.5. The van der Waals surface area contributed by atoms with Gasteiger partial charge in [-0.2, -0.15) is 0 Å². The van der Waals surface area contributed by atoms with Crippen LogP contribution >= 0.6 is 23.8 Å². The van der Waals surface area contributed by atoms with Crippen molar-refractivity contribution in [3.05, 3.63) is 63.2 Å². The lowest BCUT2D eigenvalue weighted by Crippen LogP contribution is -2.31. The number of halogens is 1. The van der Waals surface area contributed by atoms with E-state index in [1.807, 2.05) is 6.92 Å². The fraction of sp³-hybridized carbons (Fsp3) is 0.188. The molecule has 2 rings (SSSR count). The number of non-ortho nitro benzene ring substituents is 1. The summed E-state index contributed by atoms with van der Waals surface area (Å²) >= 11 is 11.2. The first-order valence-electron chi connectivity index (χ1n) is 7.39. The zero-order valence-corrected chi connectivity index (χ0v) is 16.3. The van der Waals surface area contributed by atoms with Crippen LogP contribution in [0, 0.1) is 10.1 Å². The number of nitro benzene ring substituents is 1. The molecular formula is C16H16ClN3O4S2. The first-order valence-corrected chi connectivity index (χ1v) is 10.1. The number of thiocarbonyl (C=S) groups is 1. The topological polar surface area (TPSA) is 101 Å². The molecule has 0 saturated carbocycles. The number of sulfone groups is 1. The molecule has 0 saturated heterocycles. The lowest BCUT2D eigenvalue weighted by atomic mass is 10.1. The first-order chi connectivity index (χ1) is 12.1. The Kier molecular flexibility index (Phi) is 6.17. The highest BCUT2D eigenvalue weighted by Gasteiger charge is 2.13. The second kappa shape index (κ2) is 7.98. The number of nitro groups is 1. The molecule has 26 heavy (non-hydrogen) atoms. The quantitative estimate of drug-likeness (QED) is 0.437. The van der Waals surface area contributed by atoms with Gasteiger partial charge in [0.05, 0.1) is 26.6 Å². The monoisotopic (exact) mass is 413 g/mol. The van der Waals surface area contributed by atoms with Gasteiger partial charge in [0.15, 0.2) is 14.9 Å². The Morgan fingerprint density at radius 2 is 1.85 bits per heavy atom. The summed E-state index contributed by atoms with van der Waals surface area (Å²) in [6, 6.07) is 10.2. The Labute approximate surface area is 161 Å². The summed E-state index contributed by atoms with van der Waals surface area (Å²) in [5, 5.41) is 17.2. The van der Waals surface area contributed by atoms with Crippen molar-refractivity contribution in [2.24, 2.45) is 0 Å². The SMILES string of the molecule is C[C@@H](NC(=S)Nc1cc([N+](=O)[O-])ccc1Cl)c1ccc(S(C)(=O)=O)cc1. The van der Waals surface area contributed by atoms with E-state index >= 15 is 0 Å². The van der Waals surface area contributed by atoms with Gasteiger partial charge in [0, 0.05) is 18.4 Å². The highest BCUT2D eigenvalue weighted by atomic mass is 35.5. The van der Waals surface area contributed by atoms with Gasteiger partial charge >= 0.3 is 0 Å². The molecule has 2 aromatic carbocycles. The van der Waals surface area contributed by atoms with E-state index in [4.69, 9.17) is 23.8 Å². The number of nitrogens with one attached hydrogen (secondary N) is 2. The van der Waals surface area contributed by atoms with Gasteiger partial charge in [0.2, 0.25) is 0 Å². The van der Waals surface area contributed by atoms with Gasteiger partial charge in [-0.05, 0) is 42.9 Å². The molecule has 0 unspecified atom stereocenters. The minimum absolute atomic E-state index is 0.107. The van der Waals surface area contributed by atoms with E-state index in [1.165, 1.54) is 30.3 Å². The molecule has 0 spiro atoms. The van der Waals surface area contributed by atoms with Gasteiger partial charge in [0.1, 0.15) is 0 Å². The highest BCUT2D eigenvalue weighted by Crippen LogP contribution is 2.27. The average molecular weight is 414 g/mol. The van der Waals surface area contributed by atoms with E-state index in [0.717, 1.165) is 11.8 Å². The van der Waals surface area contributed by atoms with Crippen molar-refractivity contribution in [3.63, 3.8) is 0 Å². The molecular weight excluding hydrogens is 398 g/mol. The standard InChI is InChI=1S/C16H16ClN3O4S2/c1-10(11-3-6-13(7-4-11)26(2,23)24)18-16(25)19-15-9-12(20(21)22)5-8-14(15)17/h3-10H,1-2H3,(H2,18,19,25)/t10-/m1/s1. The molecule has 2 aromatic rings. The number of anilines is 1. The summed E-state index contributed by atoms with van der Waals surface area (Å²) < 4.78 is 23.0. The van der Waals surface area contributed by atoms with Gasteiger partial charge in [-0.1, -0.05) is 23.7 Å². The van der Waals surface area contributed by atoms with Gasteiger partial charge in [-0.15, -0.1) is 0 Å². The van der Waals surface area contributed by atoms with E-state index in [1.54, 1.807) is 12.1 Å². The normalized spacial score (nSPS) is 12.3. The molecule has 0 aliphatic heterocycles. The first kappa shape index (κ1) is 20.1. The second-order valence-corrected chi connectivity index (χ2v) is 8.41. The molecule has 0 radical (unpaired) electrons. The summed E-state index contributed by atoms with van der Waals surface area (Å²) in [4.78, 5) is 10.6. The molecule has 0 aliphatic carbocycles. The van der Waals surface area contributed by atoms with E-state index < -0.39 is 14.8 Å². The summed E-state index contributed by atoms with van der Waals surface area (Å²) in [5.74, 6) is 0. The van der Waals surface area contributed by atoms with Crippen LogP contribution in [0.1, 0.15) is 18.5 Å². The van der Waals surface area contributed by atoms with Gasteiger partial charge in [0.25, 0.3) is 5.69 Å². The summed E-state index contributed by atoms with van der Waals surface area (Å²) in [5.41, 5.74) is 1.04. The van der Waals surface area contributed by atoms with Crippen molar-refractivity contribution >= 4 is 50.1 Å². The fourth-order valence-electron chi connectivity index (χ4n) is 2.16. The number of benzene rings is 2. The van der Waals surface area contributed by atoms with Crippen molar-refractivity contribution in [1.29, 1.82) is 0 Å². The smallest absolute Gasteiger partial charge is 0.271 e. The Balaban J connectivity index is 2.08. The Morgan fingerprint density at radius 3 is 2.38 bits per heavy atom. The predicted molar refractivity (Wildman–Crippen MR) is 105 cm³/mol. The van der Waals surface area contributed by atoms with E-state index in [2.05, 4.69) is 10.6 Å². The number of nitrogens with zero attached hydrogens (tertiary/aromatic N) is 1. The van der Waals surface area contributed by atoms with Crippen molar-refractivity contribution < 1.29 is 13.3 Å². The van der Waals surface area contributed by atoms with Crippen LogP contribution in [0.15, 0.2) is 47.4 Å². The average Bonchev–Trinajstić information content (AvgIpc) is 2.55. The molecule has 2 N–H and O–H groups in total. The van der Waals surface area contributed by atoms with E-state index in [9.17, 15) is 18.5 Å². The van der Waals surface area contributed by atoms with Gasteiger partial charge < -0.3 is 10.6 Å². The molecule has 0 amide bonds. The Morgan fingerprint density at radius 1 is 1.23 bits per heavy atom. The Hall–Kier alpha value is -2.23. The molecule has 1 atom stereocenters. The van der Waals surface area contributed by atoms with Crippen molar-refractivity contribution in [2.45, 2.75) is 17.9 Å². The third kappa shape index (κ3) is 5.13. The van der Waals surface area contributed by atoms with Crippen LogP contribution in [-0.2, 0) is 9.84 Å². The molecule has 0 aliphatic rings. The number of rotatable bonds is 5. The summed E-state index contributed by atoms with van der Waals surface area (Å²) in [6.07, 6.45) is 1.14. The Bertz CT molecular complexity index is 946. The number of hydrogen-bond acceptors (Lipinski definition) is 5. The maximum atomic E-state index is 11.5. The minimum Gasteiger partial charge on any atom is -0.356 e. The third-order valence-corrected chi connectivity index (χ3v) is 5.24. The maximum Gasteiger partial charge on any atom is 0.271 e. The molecule has 0 heterocycles. The van der Waals surface area contributed by atoms with Crippen molar-refractivity contribution in [3.8, 4) is 0 Å². The molecule has 0 bridgehead atoms. The highest BCUT2D eigenvalue weighted by molar-refractivity contribution is 7.90. The zero-order valence-electron chi connectivity index (χ0n) is 13.9. The minimum atomic E-state index is -3.25. The lowest BCUT2D eigenvalue weighted by Gasteiger charge is -2.18. The molecule has 138 valence electrons. The predicted octanol–water partition coefficient (Wildman–Crippen LogP) is 3.70. The largest absolute Gasteiger partial charge is 0.356 e. The van der Waals surface area contributed by atoms with Crippen LogP contribution in [0.4, 0.5) is 11.4 Å². The second-order valence-electron chi connectivity index (χ2n) is 5.58. The molecule has 0 fully saturated rings. The molecule has 0 aromatic heterocycles. The third-order valence-electron chi connectivity index (χ3n) is 3.56. The van der Waals surface area contributed by atoms with E-state index in [0.29, 0.717) is 10.7 Å². The zero-order chi connectivity index (χ0) is 19.5. The van der Waals surface area contributed by atoms with Crippen LogP contribution in [0.25, 0.3) is 0 Å². The van der Waals surface area contributed by atoms with E-state index in [-0.39, 0.29) is 21.7 Å².